The fourth-order valence-corrected chi connectivity index (χ4v) is 11.2. The lowest BCUT2D eigenvalue weighted by Gasteiger charge is -2.63. The van der Waals surface area contributed by atoms with Crippen molar-refractivity contribution in [3.8, 4) is 0 Å². The molecule has 0 aromatic heterocycles. The van der Waals surface area contributed by atoms with Gasteiger partial charge in [-0.25, -0.2) is 17.9 Å². The molecule has 0 aromatic rings. The average molecular weight is 509 g/mol. The van der Waals surface area contributed by atoms with Gasteiger partial charge in [0.15, 0.2) is 0 Å². The Labute approximate surface area is 212 Å². The van der Waals surface area contributed by atoms with Gasteiger partial charge in [-0.1, -0.05) is 34.1 Å². The van der Waals surface area contributed by atoms with Crippen LogP contribution in [-0.2, 0) is 10.0 Å². The number of urea groups is 1. The number of aliphatic hydroxyl groups is 1. The molecule has 5 saturated carbocycles. The van der Waals surface area contributed by atoms with Crippen LogP contribution in [0.5, 0.6) is 0 Å². The largest absolute Gasteiger partial charge is 0.393 e. The molecule has 0 unspecified atom stereocenters. The van der Waals surface area contributed by atoms with Crippen molar-refractivity contribution in [2.75, 3.05) is 6.54 Å². The molecule has 5 aliphatic rings. The number of amides is 2. The molecule has 0 spiro atoms. The number of hydrogen-bond acceptors (Lipinski definition) is 4. The summed E-state index contributed by atoms with van der Waals surface area (Å²) in [4.78, 5) is 12.3. The minimum absolute atomic E-state index is 0.104. The molecule has 0 radical (unpaired) electrons. The van der Waals surface area contributed by atoms with Gasteiger partial charge >= 0.3 is 6.03 Å². The van der Waals surface area contributed by atoms with Crippen LogP contribution in [-0.4, -0.2) is 37.5 Å². The summed E-state index contributed by atoms with van der Waals surface area (Å²) in [5.41, 5.74) is 0.676. The standard InChI is InChI=1S/C28H48N2O4S/c1-5-18-14-21-23-9-8-22(17(2)16-29-26(32)30-35(33,34)20-6-7-20)27(23,3)13-11-24(21)28(4)12-10-19(31)15-25(18)28/h17-25,31H,5-16H2,1-4H3,(H2,29,30,32)/t17-,18+,19-,21+,22-,23+,24+,25+,27-,28-/m1/s1. The first-order valence-corrected chi connectivity index (χ1v) is 16.0. The lowest BCUT2D eigenvalue weighted by Crippen LogP contribution is -2.57. The van der Waals surface area contributed by atoms with Crippen molar-refractivity contribution in [3.05, 3.63) is 0 Å². The third-order valence-corrected chi connectivity index (χ3v) is 13.7. The summed E-state index contributed by atoms with van der Waals surface area (Å²) in [7, 11) is -3.50. The fourth-order valence-electron chi connectivity index (χ4n) is 9.93. The van der Waals surface area contributed by atoms with E-state index in [0.29, 0.717) is 48.0 Å². The molecule has 0 bridgehead atoms. The second-order valence-electron chi connectivity index (χ2n) is 13.6. The van der Waals surface area contributed by atoms with Crippen LogP contribution in [0, 0.1) is 52.3 Å². The Morgan fingerprint density at radius 2 is 1.66 bits per heavy atom. The molecule has 0 aromatic carbocycles. The zero-order valence-corrected chi connectivity index (χ0v) is 23.1. The molecule has 0 saturated heterocycles. The molecule has 5 aliphatic carbocycles. The summed E-state index contributed by atoms with van der Waals surface area (Å²) >= 11 is 0. The van der Waals surface area contributed by atoms with Crippen molar-refractivity contribution in [2.24, 2.45) is 52.3 Å². The van der Waals surface area contributed by atoms with Gasteiger partial charge in [0.1, 0.15) is 0 Å². The Morgan fingerprint density at radius 1 is 0.971 bits per heavy atom. The number of carbonyl (C=O) groups is 1. The van der Waals surface area contributed by atoms with E-state index < -0.39 is 16.1 Å². The maximum absolute atomic E-state index is 12.3. The van der Waals surface area contributed by atoms with Crippen LogP contribution in [0.15, 0.2) is 0 Å². The van der Waals surface area contributed by atoms with E-state index in [9.17, 15) is 18.3 Å². The van der Waals surface area contributed by atoms with Crippen molar-refractivity contribution in [1.29, 1.82) is 0 Å². The average Bonchev–Trinajstić information content (AvgIpc) is 3.60. The van der Waals surface area contributed by atoms with E-state index in [-0.39, 0.29) is 11.4 Å². The van der Waals surface area contributed by atoms with Gasteiger partial charge in [0.2, 0.25) is 10.0 Å². The van der Waals surface area contributed by atoms with Crippen molar-refractivity contribution in [1.82, 2.24) is 10.0 Å². The molecular weight excluding hydrogens is 460 g/mol. The molecule has 5 rings (SSSR count). The third kappa shape index (κ3) is 4.45. The first-order chi connectivity index (χ1) is 16.5. The van der Waals surface area contributed by atoms with Gasteiger partial charge in [0.05, 0.1) is 11.4 Å². The van der Waals surface area contributed by atoms with Gasteiger partial charge in [-0.2, -0.15) is 0 Å². The maximum atomic E-state index is 12.3. The van der Waals surface area contributed by atoms with Crippen LogP contribution < -0.4 is 10.0 Å². The third-order valence-electron chi connectivity index (χ3n) is 11.9. The number of fused-ring (bicyclic) bond motifs is 5. The zero-order chi connectivity index (χ0) is 25.2. The fraction of sp³-hybridized carbons (Fsp3) is 0.964. The quantitative estimate of drug-likeness (QED) is 0.467. The van der Waals surface area contributed by atoms with Crippen molar-refractivity contribution in [2.45, 2.75) is 110 Å². The van der Waals surface area contributed by atoms with Crippen LogP contribution in [0.25, 0.3) is 0 Å². The summed E-state index contributed by atoms with van der Waals surface area (Å²) in [6.07, 6.45) is 12.0. The lowest BCUT2D eigenvalue weighted by molar-refractivity contribution is -0.152. The molecule has 5 fully saturated rings. The second-order valence-corrected chi connectivity index (χ2v) is 15.5. The topological polar surface area (TPSA) is 95.5 Å². The van der Waals surface area contributed by atoms with Crippen molar-refractivity contribution >= 4 is 16.1 Å². The predicted octanol–water partition coefficient (Wildman–Crippen LogP) is 5.07. The van der Waals surface area contributed by atoms with E-state index in [1.807, 2.05) is 0 Å². The molecule has 35 heavy (non-hydrogen) atoms. The first kappa shape index (κ1) is 25.8. The van der Waals surface area contributed by atoms with E-state index in [2.05, 4.69) is 37.7 Å². The van der Waals surface area contributed by atoms with E-state index in [1.165, 1.54) is 44.9 Å². The number of carbonyl (C=O) groups excluding carboxylic acids is 1. The molecular formula is C28H48N2O4S. The SMILES string of the molecule is CC[C@H]1C[C@@H]2[C@H](CC[C@]3(C)[C@@H]([C@H](C)CNC(=O)NS(=O)(=O)C4CC4)CC[C@@H]23)[C@@]2(C)CC[C@@H](O)C[C@@H]12. The number of sulfonamides is 1. The Kier molecular flexibility index (Phi) is 6.77. The zero-order valence-electron chi connectivity index (χ0n) is 22.3. The second kappa shape index (κ2) is 9.18. The lowest BCUT2D eigenvalue weighted by atomic mass is 9.42. The van der Waals surface area contributed by atoms with Crippen LogP contribution in [0.3, 0.4) is 0 Å². The molecule has 6 nitrogen and oxygen atoms in total. The summed E-state index contributed by atoms with van der Waals surface area (Å²) in [6.45, 7) is 10.2. The van der Waals surface area contributed by atoms with Gasteiger partial charge in [-0.15, -0.1) is 0 Å². The van der Waals surface area contributed by atoms with Gasteiger partial charge in [-0.3, -0.25) is 0 Å². The smallest absolute Gasteiger partial charge is 0.328 e. The predicted molar refractivity (Wildman–Crippen MR) is 138 cm³/mol. The summed E-state index contributed by atoms with van der Waals surface area (Å²) in [6, 6.07) is -0.566. The van der Waals surface area contributed by atoms with Crippen LogP contribution >= 0.6 is 0 Å². The molecule has 0 heterocycles. The summed E-state index contributed by atoms with van der Waals surface area (Å²) in [5.74, 6) is 4.61. The van der Waals surface area contributed by atoms with E-state index in [1.54, 1.807) is 0 Å². The number of aliphatic hydroxyl groups excluding tert-OH is 1. The Balaban J connectivity index is 1.26. The molecule has 0 aliphatic heterocycles. The van der Waals surface area contributed by atoms with E-state index in [4.69, 9.17) is 0 Å². The van der Waals surface area contributed by atoms with Crippen LogP contribution in [0.1, 0.15) is 98.3 Å². The summed E-state index contributed by atoms with van der Waals surface area (Å²) < 4.78 is 26.4. The van der Waals surface area contributed by atoms with Crippen molar-refractivity contribution < 1.29 is 18.3 Å². The van der Waals surface area contributed by atoms with Gasteiger partial charge in [-0.05, 0) is 116 Å². The van der Waals surface area contributed by atoms with Crippen molar-refractivity contribution in [3.63, 3.8) is 0 Å². The van der Waals surface area contributed by atoms with E-state index in [0.717, 1.165) is 36.5 Å². The van der Waals surface area contributed by atoms with Gasteiger partial charge < -0.3 is 10.4 Å². The maximum Gasteiger partial charge on any atom is 0.328 e. The monoisotopic (exact) mass is 508 g/mol. The molecule has 10 atom stereocenters. The number of nitrogens with one attached hydrogen (secondary N) is 2. The minimum Gasteiger partial charge on any atom is -0.393 e. The highest BCUT2D eigenvalue weighted by molar-refractivity contribution is 7.90. The number of hydrogen-bond donors (Lipinski definition) is 3. The minimum atomic E-state index is -3.50. The Morgan fingerprint density at radius 3 is 2.34 bits per heavy atom. The van der Waals surface area contributed by atoms with Gasteiger partial charge in [0.25, 0.3) is 0 Å². The van der Waals surface area contributed by atoms with E-state index >= 15 is 0 Å². The Bertz CT molecular complexity index is 920. The summed E-state index contributed by atoms with van der Waals surface area (Å²) in [5, 5.41) is 13.0. The molecule has 2 amide bonds. The molecule has 3 N–H and O–H groups in total. The number of rotatable bonds is 6. The van der Waals surface area contributed by atoms with Crippen LogP contribution in [0.4, 0.5) is 4.79 Å². The molecule has 200 valence electrons. The highest BCUT2D eigenvalue weighted by atomic mass is 32.2. The normalized spacial score (nSPS) is 46.1. The molecule has 7 heteroatoms. The first-order valence-electron chi connectivity index (χ1n) is 14.5. The van der Waals surface area contributed by atoms with Crippen LogP contribution in [0.2, 0.25) is 0 Å². The highest BCUT2D eigenvalue weighted by Crippen LogP contribution is 2.69. The van der Waals surface area contributed by atoms with Gasteiger partial charge in [0, 0.05) is 6.54 Å². The highest BCUT2D eigenvalue weighted by Gasteiger charge is 2.62. The Hall–Kier alpha value is -0.820.